The van der Waals surface area contributed by atoms with Gasteiger partial charge in [0, 0.05) is 13.2 Å². The highest BCUT2D eigenvalue weighted by Crippen LogP contribution is 1.87. The van der Waals surface area contributed by atoms with Crippen molar-refractivity contribution in [1.29, 1.82) is 0 Å². The molecule has 0 aliphatic heterocycles. The Hall–Kier alpha value is -1.01. The van der Waals surface area contributed by atoms with Crippen molar-refractivity contribution in [2.24, 2.45) is 7.05 Å². The Balaban J connectivity index is 1.93. The lowest BCUT2D eigenvalue weighted by atomic mass is 10.4. The molecule has 0 radical (unpaired) electrons. The molecule has 0 fully saturated rings. The Labute approximate surface area is 90.0 Å². The third kappa shape index (κ3) is 5.44. The van der Waals surface area contributed by atoms with Crippen LogP contribution in [0.1, 0.15) is 25.6 Å². The van der Waals surface area contributed by atoms with E-state index in [0.717, 1.165) is 26.2 Å². The number of aromatic nitrogens is 4. The van der Waals surface area contributed by atoms with Crippen molar-refractivity contribution in [2.75, 3.05) is 19.8 Å². The number of rotatable bonds is 8. The fourth-order valence-electron chi connectivity index (χ4n) is 1.09. The highest BCUT2D eigenvalue weighted by molar-refractivity contribution is 4.74. The van der Waals surface area contributed by atoms with Gasteiger partial charge in [0.1, 0.15) is 0 Å². The van der Waals surface area contributed by atoms with Crippen molar-refractivity contribution in [3.05, 3.63) is 5.82 Å². The van der Waals surface area contributed by atoms with Gasteiger partial charge >= 0.3 is 0 Å². The summed E-state index contributed by atoms with van der Waals surface area (Å²) in [4.78, 5) is 1.45. The van der Waals surface area contributed by atoms with Crippen LogP contribution in [0, 0.1) is 0 Å². The second kappa shape index (κ2) is 7.30. The third-order valence-corrected chi connectivity index (χ3v) is 1.90. The van der Waals surface area contributed by atoms with Crippen molar-refractivity contribution in [1.82, 2.24) is 25.5 Å². The molecule has 86 valence electrons. The highest BCUT2D eigenvalue weighted by atomic mass is 16.5. The van der Waals surface area contributed by atoms with Gasteiger partial charge in [-0.05, 0) is 11.6 Å². The summed E-state index contributed by atoms with van der Waals surface area (Å²) < 4.78 is 5.39. The zero-order valence-electron chi connectivity index (χ0n) is 9.44. The van der Waals surface area contributed by atoms with E-state index in [-0.39, 0.29) is 0 Å². The molecule has 0 saturated carbocycles. The van der Waals surface area contributed by atoms with Gasteiger partial charge < -0.3 is 10.1 Å². The standard InChI is InChI=1S/C9H19N5O/c1-3-4-6-15-7-5-10-8-9-11-13-14(2)12-9/h10H,3-8H2,1-2H3. The number of ether oxygens (including phenoxy) is 1. The van der Waals surface area contributed by atoms with Crippen LogP contribution < -0.4 is 5.32 Å². The molecule has 0 aliphatic carbocycles. The monoisotopic (exact) mass is 213 g/mol. The number of hydrogen-bond donors (Lipinski definition) is 1. The average molecular weight is 213 g/mol. The summed E-state index contributed by atoms with van der Waals surface area (Å²) in [5, 5.41) is 14.8. The van der Waals surface area contributed by atoms with E-state index in [4.69, 9.17) is 4.74 Å². The van der Waals surface area contributed by atoms with E-state index in [0.29, 0.717) is 12.4 Å². The van der Waals surface area contributed by atoms with Crippen molar-refractivity contribution in [3.8, 4) is 0 Å². The summed E-state index contributed by atoms with van der Waals surface area (Å²) in [6.45, 7) is 5.20. The largest absolute Gasteiger partial charge is 0.380 e. The molecular formula is C9H19N5O. The molecule has 1 rings (SSSR count). The molecule has 0 unspecified atom stereocenters. The van der Waals surface area contributed by atoms with Crippen molar-refractivity contribution < 1.29 is 4.74 Å². The van der Waals surface area contributed by atoms with Crippen LogP contribution in [0.5, 0.6) is 0 Å². The normalized spacial score (nSPS) is 10.8. The molecule has 1 aromatic rings. The molecule has 0 atom stereocenters. The molecule has 1 aromatic heterocycles. The fourth-order valence-corrected chi connectivity index (χ4v) is 1.09. The SMILES string of the molecule is CCCCOCCNCc1nnn(C)n1. The van der Waals surface area contributed by atoms with Gasteiger partial charge in [-0.25, -0.2) is 0 Å². The van der Waals surface area contributed by atoms with Gasteiger partial charge in [0.2, 0.25) is 0 Å². The molecule has 6 heteroatoms. The lowest BCUT2D eigenvalue weighted by molar-refractivity contribution is 0.132. The molecule has 15 heavy (non-hydrogen) atoms. The van der Waals surface area contributed by atoms with Crippen molar-refractivity contribution in [2.45, 2.75) is 26.3 Å². The van der Waals surface area contributed by atoms with E-state index in [1.807, 2.05) is 0 Å². The lowest BCUT2D eigenvalue weighted by Gasteiger charge is -2.03. The van der Waals surface area contributed by atoms with Crippen molar-refractivity contribution in [3.63, 3.8) is 0 Å². The number of nitrogens with zero attached hydrogens (tertiary/aromatic N) is 4. The van der Waals surface area contributed by atoms with Crippen LogP contribution in [0.3, 0.4) is 0 Å². The van der Waals surface area contributed by atoms with E-state index in [1.165, 1.54) is 11.2 Å². The Morgan fingerprint density at radius 3 is 2.93 bits per heavy atom. The van der Waals surface area contributed by atoms with Crippen LogP contribution in [0.2, 0.25) is 0 Å². The Kier molecular flexibility index (Phi) is 5.87. The number of unbranched alkanes of at least 4 members (excludes halogenated alkanes) is 1. The summed E-state index contributed by atoms with van der Waals surface area (Å²) >= 11 is 0. The summed E-state index contributed by atoms with van der Waals surface area (Å²) in [5.74, 6) is 0.714. The molecule has 0 amide bonds. The fraction of sp³-hybridized carbons (Fsp3) is 0.889. The van der Waals surface area contributed by atoms with Gasteiger partial charge in [0.05, 0.1) is 20.2 Å². The number of nitrogens with one attached hydrogen (secondary N) is 1. The highest BCUT2D eigenvalue weighted by Gasteiger charge is 1.98. The van der Waals surface area contributed by atoms with E-state index >= 15 is 0 Å². The Morgan fingerprint density at radius 2 is 2.27 bits per heavy atom. The van der Waals surface area contributed by atoms with Crippen LogP contribution in [-0.4, -0.2) is 40.0 Å². The van der Waals surface area contributed by atoms with E-state index in [9.17, 15) is 0 Å². The van der Waals surface area contributed by atoms with Gasteiger partial charge in [-0.3, -0.25) is 0 Å². The second-order valence-electron chi connectivity index (χ2n) is 3.34. The number of hydrogen-bond acceptors (Lipinski definition) is 5. The minimum Gasteiger partial charge on any atom is -0.380 e. The topological polar surface area (TPSA) is 64.9 Å². The predicted molar refractivity (Wildman–Crippen MR) is 56.2 cm³/mol. The van der Waals surface area contributed by atoms with Gasteiger partial charge in [0.25, 0.3) is 0 Å². The minimum absolute atomic E-state index is 0.644. The zero-order valence-corrected chi connectivity index (χ0v) is 9.44. The molecule has 1 heterocycles. The zero-order chi connectivity index (χ0) is 10.9. The van der Waals surface area contributed by atoms with Gasteiger partial charge in [-0.2, -0.15) is 4.80 Å². The van der Waals surface area contributed by atoms with Gasteiger partial charge in [-0.1, -0.05) is 13.3 Å². The van der Waals surface area contributed by atoms with Crippen LogP contribution in [0.25, 0.3) is 0 Å². The van der Waals surface area contributed by atoms with E-state index < -0.39 is 0 Å². The molecule has 0 spiro atoms. The predicted octanol–water partition coefficient (Wildman–Crippen LogP) is 0.116. The maximum absolute atomic E-state index is 5.39. The maximum atomic E-state index is 5.39. The first-order valence-electron chi connectivity index (χ1n) is 5.34. The Morgan fingerprint density at radius 1 is 1.40 bits per heavy atom. The summed E-state index contributed by atoms with van der Waals surface area (Å²) in [6.07, 6.45) is 2.31. The van der Waals surface area contributed by atoms with Crippen molar-refractivity contribution >= 4 is 0 Å². The summed E-state index contributed by atoms with van der Waals surface area (Å²) in [5.41, 5.74) is 0. The van der Waals surface area contributed by atoms with Gasteiger partial charge in [-0.15, -0.1) is 10.2 Å². The van der Waals surface area contributed by atoms with Gasteiger partial charge in [0.15, 0.2) is 5.82 Å². The minimum atomic E-state index is 0.644. The number of aryl methyl sites for hydroxylation is 1. The molecular weight excluding hydrogens is 194 g/mol. The van der Waals surface area contributed by atoms with Crippen LogP contribution >= 0.6 is 0 Å². The van der Waals surface area contributed by atoms with Crippen LogP contribution in [0.15, 0.2) is 0 Å². The quantitative estimate of drug-likeness (QED) is 0.621. The van der Waals surface area contributed by atoms with E-state index in [1.54, 1.807) is 7.05 Å². The maximum Gasteiger partial charge on any atom is 0.188 e. The molecule has 0 aliphatic rings. The van der Waals surface area contributed by atoms with Crippen LogP contribution in [0.4, 0.5) is 0 Å². The first-order valence-corrected chi connectivity index (χ1v) is 5.34. The molecule has 1 N–H and O–H groups in total. The lowest BCUT2D eigenvalue weighted by Crippen LogP contribution is -2.20. The van der Waals surface area contributed by atoms with Crippen LogP contribution in [-0.2, 0) is 18.3 Å². The smallest absolute Gasteiger partial charge is 0.188 e. The molecule has 0 aromatic carbocycles. The third-order valence-electron chi connectivity index (χ3n) is 1.90. The summed E-state index contributed by atoms with van der Waals surface area (Å²) in [6, 6.07) is 0. The molecule has 0 bridgehead atoms. The molecule has 6 nitrogen and oxygen atoms in total. The molecule has 0 saturated heterocycles. The number of tetrazole rings is 1. The Bertz CT molecular complexity index is 263. The average Bonchev–Trinajstić information content (AvgIpc) is 2.63. The van der Waals surface area contributed by atoms with E-state index in [2.05, 4.69) is 27.7 Å². The first-order chi connectivity index (χ1) is 7.33. The summed E-state index contributed by atoms with van der Waals surface area (Å²) in [7, 11) is 1.75. The second-order valence-corrected chi connectivity index (χ2v) is 3.34. The first kappa shape index (κ1) is 12.1.